The minimum Gasteiger partial charge on any atom is -0.454 e. The molecule has 32 heavy (non-hydrogen) atoms. The van der Waals surface area contributed by atoms with Crippen molar-refractivity contribution in [1.82, 2.24) is 14.5 Å². The van der Waals surface area contributed by atoms with Crippen molar-refractivity contribution in [3.8, 4) is 0 Å². The topological polar surface area (TPSA) is 209 Å². The van der Waals surface area contributed by atoms with Crippen LogP contribution in [0.2, 0.25) is 0 Å². The molecular weight excluding hydrogens is 432 g/mol. The van der Waals surface area contributed by atoms with E-state index in [0.717, 1.165) is 10.9 Å². The van der Waals surface area contributed by atoms with Crippen LogP contribution in [0.25, 0.3) is 0 Å². The second-order valence-corrected chi connectivity index (χ2v) is 7.27. The molecule has 0 radical (unpaired) electrons. The van der Waals surface area contributed by atoms with Gasteiger partial charge in [-0.2, -0.15) is 4.98 Å². The Hall–Kier alpha value is -2.91. The zero-order chi connectivity index (χ0) is 23.6. The molecule has 14 nitrogen and oxygen atoms in total. The number of nitrogen functional groups attached to an aromatic ring is 1. The molecule has 0 spiro atoms. The first kappa shape index (κ1) is 23.7. The quantitative estimate of drug-likeness (QED) is 0.264. The second kappa shape index (κ2) is 9.70. The Morgan fingerprint density at radius 1 is 1.25 bits per heavy atom. The van der Waals surface area contributed by atoms with Crippen LogP contribution in [-0.2, 0) is 28.5 Å². The van der Waals surface area contributed by atoms with Gasteiger partial charge >= 0.3 is 17.6 Å². The van der Waals surface area contributed by atoms with E-state index >= 15 is 0 Å². The monoisotopic (exact) mass is 456 g/mol. The number of carbonyl (C=O) groups is 2. The molecule has 0 amide bonds. The molecule has 0 aromatic carbocycles. The number of carbonyl (C=O) groups excluding carboxylic acids is 2. The molecule has 4 heterocycles. The zero-order valence-corrected chi connectivity index (χ0v) is 17.2. The van der Waals surface area contributed by atoms with Gasteiger partial charge in [-0.25, -0.2) is 14.6 Å². The molecule has 4 rings (SSSR count). The minimum absolute atomic E-state index is 0.0485. The van der Waals surface area contributed by atoms with Crippen molar-refractivity contribution in [2.24, 2.45) is 0 Å². The lowest BCUT2D eigenvalue weighted by atomic mass is 10.1. The Morgan fingerprint density at radius 2 is 1.94 bits per heavy atom. The summed E-state index contributed by atoms with van der Waals surface area (Å²) in [7, 11) is 0. The van der Waals surface area contributed by atoms with Crippen LogP contribution in [-0.4, -0.2) is 91.1 Å². The zero-order valence-electron chi connectivity index (χ0n) is 17.2. The molecule has 2 fully saturated rings. The van der Waals surface area contributed by atoms with Crippen molar-refractivity contribution in [2.45, 2.75) is 62.8 Å². The van der Waals surface area contributed by atoms with Crippen molar-refractivity contribution in [3.05, 3.63) is 29.0 Å². The highest BCUT2D eigenvalue weighted by Crippen LogP contribution is 2.31. The number of nitrogens with two attached hydrogens (primary N) is 1. The summed E-state index contributed by atoms with van der Waals surface area (Å²) in [4.78, 5) is 40.3. The average Bonchev–Trinajstić information content (AvgIpc) is 3.39. The van der Waals surface area contributed by atoms with Crippen molar-refractivity contribution in [1.29, 1.82) is 0 Å². The second-order valence-electron chi connectivity index (χ2n) is 7.27. The molecule has 1 aromatic rings. The maximum Gasteiger partial charge on any atom is 0.354 e. The first-order valence-corrected chi connectivity index (χ1v) is 9.67. The fraction of sp³-hybridized carbons (Fsp3) is 0.611. The van der Waals surface area contributed by atoms with Crippen LogP contribution in [0.15, 0.2) is 23.3 Å². The van der Waals surface area contributed by atoms with E-state index in [4.69, 9.17) is 29.8 Å². The lowest BCUT2D eigenvalue weighted by molar-refractivity contribution is -0.163. The Labute approximate surface area is 181 Å². The standard InChI is InChI=1S/C10H12O5.C8H12N4O5/c1-5-9(13-5)10-7(14-6(2)11)3-4-8(12)15-10;9-7-10-2-12(8(16)11-7)6-5(15)4(14)3(1-13)17-6/h3-5,7,9-10H,1-2H3;2-6,13-15H,1H2,(H2,9,11,16)/t;3-,4-,5-,6-/m.1/s1. The van der Waals surface area contributed by atoms with E-state index in [1.807, 2.05) is 6.92 Å². The molecule has 2 saturated heterocycles. The van der Waals surface area contributed by atoms with E-state index in [9.17, 15) is 24.6 Å². The van der Waals surface area contributed by atoms with E-state index < -0.39 is 61.0 Å². The molecule has 0 bridgehead atoms. The number of anilines is 1. The highest BCUT2D eigenvalue weighted by Gasteiger charge is 2.49. The number of rotatable bonds is 4. The summed E-state index contributed by atoms with van der Waals surface area (Å²) in [5.74, 6) is -1.02. The number of hydrogen-bond donors (Lipinski definition) is 4. The number of epoxide rings is 1. The Bertz CT molecular complexity index is 937. The van der Waals surface area contributed by atoms with Gasteiger partial charge in [0.05, 0.1) is 12.7 Å². The number of cyclic esters (lactones) is 1. The summed E-state index contributed by atoms with van der Waals surface area (Å²) < 4.78 is 21.3. The maximum absolute atomic E-state index is 11.5. The third kappa shape index (κ3) is 5.28. The van der Waals surface area contributed by atoms with Crippen LogP contribution in [0, 0.1) is 0 Å². The number of ether oxygens (including phenoxy) is 4. The van der Waals surface area contributed by atoms with Gasteiger partial charge in [0.25, 0.3) is 0 Å². The van der Waals surface area contributed by atoms with Crippen molar-refractivity contribution >= 4 is 17.9 Å². The van der Waals surface area contributed by atoms with E-state index in [0.29, 0.717) is 0 Å². The minimum atomic E-state index is -1.35. The number of aromatic nitrogens is 3. The fourth-order valence-corrected chi connectivity index (χ4v) is 3.26. The smallest absolute Gasteiger partial charge is 0.354 e. The van der Waals surface area contributed by atoms with Crippen molar-refractivity contribution in [3.63, 3.8) is 0 Å². The van der Waals surface area contributed by atoms with E-state index in [-0.39, 0.29) is 18.2 Å². The molecule has 3 aliphatic rings. The van der Waals surface area contributed by atoms with Gasteiger partial charge in [-0.3, -0.25) is 9.36 Å². The summed E-state index contributed by atoms with van der Waals surface area (Å²) >= 11 is 0. The van der Waals surface area contributed by atoms with Gasteiger partial charge in [0.2, 0.25) is 5.95 Å². The van der Waals surface area contributed by atoms with Crippen molar-refractivity contribution in [2.75, 3.05) is 12.3 Å². The summed E-state index contributed by atoms with van der Waals surface area (Å²) in [5, 5.41) is 28.1. The molecule has 8 atom stereocenters. The molecule has 3 aliphatic heterocycles. The lowest BCUT2D eigenvalue weighted by Crippen LogP contribution is -2.40. The third-order valence-electron chi connectivity index (χ3n) is 4.92. The van der Waals surface area contributed by atoms with Crippen LogP contribution in [0.5, 0.6) is 0 Å². The summed E-state index contributed by atoms with van der Waals surface area (Å²) in [6.45, 7) is 2.72. The lowest BCUT2D eigenvalue weighted by Gasteiger charge is -2.25. The van der Waals surface area contributed by atoms with Crippen molar-refractivity contribution < 1.29 is 43.9 Å². The highest BCUT2D eigenvalue weighted by molar-refractivity contribution is 5.83. The third-order valence-corrected chi connectivity index (χ3v) is 4.92. The van der Waals surface area contributed by atoms with Crippen LogP contribution in [0.1, 0.15) is 20.1 Å². The molecule has 1 aromatic heterocycles. The number of hydrogen-bond acceptors (Lipinski definition) is 13. The highest BCUT2D eigenvalue weighted by atomic mass is 16.6. The maximum atomic E-state index is 11.5. The van der Waals surface area contributed by atoms with Crippen LogP contribution < -0.4 is 11.4 Å². The van der Waals surface area contributed by atoms with E-state index in [1.165, 1.54) is 19.1 Å². The predicted octanol–water partition coefficient (Wildman–Crippen LogP) is -2.98. The number of esters is 2. The van der Waals surface area contributed by atoms with E-state index in [2.05, 4.69) is 9.97 Å². The van der Waals surface area contributed by atoms with E-state index in [1.54, 1.807) is 0 Å². The fourth-order valence-electron chi connectivity index (χ4n) is 3.26. The Kier molecular flexibility index (Phi) is 7.20. The largest absolute Gasteiger partial charge is 0.454 e. The SMILES string of the molecule is CC(=O)OC1C=CC(=O)OC1C1OC1C.Nc1ncn([C@@H]2O[C@H](CO)[C@@H](O)[C@H]2O)c(=O)n1. The first-order valence-electron chi connectivity index (χ1n) is 9.67. The summed E-state index contributed by atoms with van der Waals surface area (Å²) in [6.07, 6.45) is -2.04. The molecule has 14 heteroatoms. The normalized spacial score (nSPS) is 35.5. The van der Waals surface area contributed by atoms with Gasteiger partial charge in [-0.05, 0) is 13.0 Å². The number of aliphatic hydroxyl groups is 3. The molecule has 0 saturated carbocycles. The molecule has 0 aliphatic carbocycles. The van der Waals surface area contributed by atoms with Gasteiger partial charge in [0.15, 0.2) is 18.4 Å². The van der Waals surface area contributed by atoms with Gasteiger partial charge in [0, 0.05) is 13.0 Å². The molecule has 176 valence electrons. The van der Waals surface area contributed by atoms with Crippen LogP contribution >= 0.6 is 0 Å². The molecule has 5 N–H and O–H groups in total. The summed E-state index contributed by atoms with van der Waals surface area (Å²) in [6, 6.07) is 0. The number of aliphatic hydroxyl groups excluding tert-OH is 3. The first-order chi connectivity index (χ1) is 15.1. The van der Waals surface area contributed by atoms with Gasteiger partial charge in [0.1, 0.15) is 30.7 Å². The predicted molar refractivity (Wildman–Crippen MR) is 103 cm³/mol. The Balaban J connectivity index is 0.000000182. The molecule has 4 unspecified atom stereocenters. The number of nitrogens with zero attached hydrogens (tertiary/aromatic N) is 3. The van der Waals surface area contributed by atoms with Gasteiger partial charge < -0.3 is 40.0 Å². The van der Waals surface area contributed by atoms with Gasteiger partial charge in [-0.15, -0.1) is 0 Å². The Morgan fingerprint density at radius 3 is 2.47 bits per heavy atom. The molecular formula is C18H24N4O10. The van der Waals surface area contributed by atoms with Gasteiger partial charge in [-0.1, -0.05) is 0 Å². The van der Waals surface area contributed by atoms with Crippen LogP contribution in [0.4, 0.5) is 5.95 Å². The summed E-state index contributed by atoms with van der Waals surface area (Å²) in [5.41, 5.74) is 4.46. The van der Waals surface area contributed by atoms with Crippen LogP contribution in [0.3, 0.4) is 0 Å². The average molecular weight is 456 g/mol.